The number of nitrogens with zero attached hydrogens (tertiary/aromatic N) is 2. The summed E-state index contributed by atoms with van der Waals surface area (Å²) >= 11 is 1.14. The highest BCUT2D eigenvalue weighted by Gasteiger charge is 2.22. The molecule has 2 heterocycles. The highest BCUT2D eigenvalue weighted by molar-refractivity contribution is 7.16. The zero-order valence-electron chi connectivity index (χ0n) is 16.1. The van der Waals surface area contributed by atoms with Gasteiger partial charge in [0.15, 0.2) is 5.69 Å². The van der Waals surface area contributed by atoms with Crippen LogP contribution in [0.5, 0.6) is 5.75 Å². The van der Waals surface area contributed by atoms with Gasteiger partial charge in [-0.3, -0.25) is 9.59 Å². The highest BCUT2D eigenvalue weighted by Crippen LogP contribution is 2.30. The molecular weight excluding hydrogens is 394 g/mol. The zero-order valence-corrected chi connectivity index (χ0v) is 16.9. The molecule has 150 valence electrons. The van der Waals surface area contributed by atoms with Crippen LogP contribution in [0, 0.1) is 0 Å². The van der Waals surface area contributed by atoms with Crippen LogP contribution in [0.25, 0.3) is 16.5 Å². The molecule has 1 N–H and O–H groups in total. The van der Waals surface area contributed by atoms with E-state index in [4.69, 9.17) is 9.47 Å². The Bertz CT molecular complexity index is 1150. The number of thiophene rings is 1. The molecule has 0 aliphatic rings. The lowest BCUT2D eigenvalue weighted by Gasteiger charge is -2.10. The molecular formula is C20H19N3O5S. The monoisotopic (exact) mass is 413 g/mol. The van der Waals surface area contributed by atoms with Crippen molar-refractivity contribution in [3.8, 4) is 11.4 Å². The van der Waals surface area contributed by atoms with E-state index in [0.717, 1.165) is 16.0 Å². The number of amides is 1. The molecule has 0 bridgehead atoms. The van der Waals surface area contributed by atoms with Crippen molar-refractivity contribution in [3.05, 3.63) is 57.8 Å². The van der Waals surface area contributed by atoms with Gasteiger partial charge in [0.1, 0.15) is 10.8 Å². The van der Waals surface area contributed by atoms with Gasteiger partial charge >= 0.3 is 5.97 Å². The molecule has 2 aromatic heterocycles. The van der Waals surface area contributed by atoms with E-state index in [-0.39, 0.29) is 23.6 Å². The number of rotatable bonds is 6. The first-order valence-electron chi connectivity index (χ1n) is 8.79. The molecule has 0 spiro atoms. The molecule has 3 rings (SSSR count). The number of ether oxygens (including phenoxy) is 2. The van der Waals surface area contributed by atoms with Crippen LogP contribution in [-0.4, -0.2) is 35.4 Å². The van der Waals surface area contributed by atoms with Gasteiger partial charge in [0.2, 0.25) is 5.91 Å². The van der Waals surface area contributed by atoms with Crippen molar-refractivity contribution in [1.82, 2.24) is 9.78 Å². The lowest BCUT2D eigenvalue weighted by Crippen LogP contribution is -2.25. The van der Waals surface area contributed by atoms with Gasteiger partial charge in [0.25, 0.3) is 5.56 Å². The predicted octanol–water partition coefficient (Wildman–Crippen LogP) is 3.15. The van der Waals surface area contributed by atoms with E-state index >= 15 is 0 Å². The molecule has 0 radical (unpaired) electrons. The number of hydrogen-bond acceptors (Lipinski definition) is 7. The summed E-state index contributed by atoms with van der Waals surface area (Å²) < 4.78 is 11.4. The lowest BCUT2D eigenvalue weighted by atomic mass is 10.2. The number of methoxy groups -OCH3 is 1. The number of anilines is 1. The average molecular weight is 413 g/mol. The van der Waals surface area contributed by atoms with Gasteiger partial charge in [-0.2, -0.15) is 9.78 Å². The molecule has 0 aliphatic carbocycles. The summed E-state index contributed by atoms with van der Waals surface area (Å²) in [5, 5.41) is 9.40. The molecule has 0 fully saturated rings. The Balaban J connectivity index is 2.25. The first-order valence-corrected chi connectivity index (χ1v) is 9.67. The molecule has 9 heteroatoms. The van der Waals surface area contributed by atoms with Crippen LogP contribution in [0.4, 0.5) is 5.00 Å². The minimum Gasteiger partial charge on any atom is -0.497 e. The smallest absolute Gasteiger partial charge is 0.359 e. The third-order valence-electron chi connectivity index (χ3n) is 3.99. The SMILES string of the molecule is C/C=C/C(=O)Nc1scc2c(C(=O)OCC)nn(-c3ccc(OC)cc3)c(=O)c12. The number of hydrogen-bond donors (Lipinski definition) is 1. The second kappa shape index (κ2) is 8.70. The number of carbonyl (C=O) groups is 2. The molecule has 1 aromatic carbocycles. The van der Waals surface area contributed by atoms with Gasteiger partial charge in [-0.25, -0.2) is 4.79 Å². The van der Waals surface area contributed by atoms with Crippen molar-refractivity contribution < 1.29 is 19.1 Å². The fraction of sp³-hybridized carbons (Fsp3) is 0.200. The second-order valence-electron chi connectivity index (χ2n) is 5.83. The third kappa shape index (κ3) is 4.04. The van der Waals surface area contributed by atoms with E-state index in [0.29, 0.717) is 21.8 Å². The zero-order chi connectivity index (χ0) is 21.0. The van der Waals surface area contributed by atoms with E-state index in [1.54, 1.807) is 49.6 Å². The van der Waals surface area contributed by atoms with Crippen molar-refractivity contribution in [1.29, 1.82) is 0 Å². The normalized spacial score (nSPS) is 11.0. The molecule has 0 aliphatic heterocycles. The van der Waals surface area contributed by atoms with Crippen molar-refractivity contribution in [2.24, 2.45) is 0 Å². The number of benzene rings is 1. The quantitative estimate of drug-likeness (QED) is 0.492. The lowest BCUT2D eigenvalue weighted by molar-refractivity contribution is -0.111. The Labute approximate surface area is 170 Å². The second-order valence-corrected chi connectivity index (χ2v) is 6.71. The molecule has 1 amide bonds. The van der Waals surface area contributed by atoms with Crippen molar-refractivity contribution in [3.63, 3.8) is 0 Å². The minimum atomic E-state index is -0.649. The predicted molar refractivity (Wildman–Crippen MR) is 111 cm³/mol. The van der Waals surface area contributed by atoms with Crippen LogP contribution in [0.2, 0.25) is 0 Å². The maximum atomic E-state index is 13.2. The average Bonchev–Trinajstić information content (AvgIpc) is 3.13. The van der Waals surface area contributed by atoms with Gasteiger partial charge in [0.05, 0.1) is 24.8 Å². The maximum Gasteiger partial charge on any atom is 0.359 e. The summed E-state index contributed by atoms with van der Waals surface area (Å²) in [7, 11) is 1.54. The molecule has 8 nitrogen and oxygen atoms in total. The molecule has 29 heavy (non-hydrogen) atoms. The Hall–Kier alpha value is -3.46. The van der Waals surface area contributed by atoms with E-state index in [1.165, 1.54) is 13.2 Å². The fourth-order valence-corrected chi connectivity index (χ4v) is 3.64. The van der Waals surface area contributed by atoms with Gasteiger partial charge in [-0.1, -0.05) is 6.08 Å². The molecule has 0 saturated carbocycles. The number of aromatic nitrogens is 2. The van der Waals surface area contributed by atoms with Gasteiger partial charge in [-0.15, -0.1) is 11.3 Å². The van der Waals surface area contributed by atoms with E-state index in [2.05, 4.69) is 10.4 Å². The van der Waals surface area contributed by atoms with Crippen molar-refractivity contribution >= 4 is 39.0 Å². The Morgan fingerprint density at radius 1 is 1.28 bits per heavy atom. The number of esters is 1. The van der Waals surface area contributed by atoms with Crippen molar-refractivity contribution in [2.45, 2.75) is 13.8 Å². The maximum absolute atomic E-state index is 13.2. The van der Waals surface area contributed by atoms with Crippen LogP contribution >= 0.6 is 11.3 Å². The van der Waals surface area contributed by atoms with Gasteiger partial charge in [0, 0.05) is 10.8 Å². The van der Waals surface area contributed by atoms with Crippen LogP contribution in [0.3, 0.4) is 0 Å². The summed E-state index contributed by atoms with van der Waals surface area (Å²) in [5.41, 5.74) is -0.0181. The third-order valence-corrected chi connectivity index (χ3v) is 4.89. The summed E-state index contributed by atoms with van der Waals surface area (Å²) in [6, 6.07) is 6.66. The Morgan fingerprint density at radius 3 is 2.62 bits per heavy atom. The fourth-order valence-electron chi connectivity index (χ4n) is 2.70. The number of allylic oxidation sites excluding steroid dienone is 1. The highest BCUT2D eigenvalue weighted by atomic mass is 32.1. The summed E-state index contributed by atoms with van der Waals surface area (Å²) in [6.45, 7) is 3.56. The van der Waals surface area contributed by atoms with Crippen LogP contribution in [0.15, 0.2) is 46.6 Å². The van der Waals surface area contributed by atoms with Crippen LogP contribution < -0.4 is 15.6 Å². The van der Waals surface area contributed by atoms with Crippen molar-refractivity contribution in [2.75, 3.05) is 19.0 Å². The molecule has 0 unspecified atom stereocenters. The van der Waals surface area contributed by atoms with E-state index < -0.39 is 11.5 Å². The Morgan fingerprint density at radius 2 is 2.00 bits per heavy atom. The summed E-state index contributed by atoms with van der Waals surface area (Å²) in [6.07, 6.45) is 2.94. The largest absolute Gasteiger partial charge is 0.497 e. The summed E-state index contributed by atoms with van der Waals surface area (Å²) in [5.74, 6) is -0.409. The molecule has 3 aromatic rings. The van der Waals surface area contributed by atoms with Crippen LogP contribution in [0.1, 0.15) is 24.3 Å². The van der Waals surface area contributed by atoms with E-state index in [9.17, 15) is 14.4 Å². The summed E-state index contributed by atoms with van der Waals surface area (Å²) in [4.78, 5) is 37.7. The van der Waals surface area contributed by atoms with Crippen LogP contribution in [-0.2, 0) is 9.53 Å². The molecule has 0 atom stereocenters. The standard InChI is InChI=1S/C20H19N3O5S/c1-4-6-15(24)21-18-16-14(11-29-18)17(20(26)28-5-2)22-23(19(16)25)12-7-9-13(27-3)10-8-12/h4,6-11H,5H2,1-3H3,(H,21,24)/b6-4+. The van der Waals surface area contributed by atoms with Gasteiger partial charge < -0.3 is 14.8 Å². The van der Waals surface area contributed by atoms with E-state index in [1.807, 2.05) is 0 Å². The topological polar surface area (TPSA) is 99.5 Å². The first kappa shape index (κ1) is 20.3. The first-order chi connectivity index (χ1) is 14.0. The molecule has 0 saturated heterocycles. The van der Waals surface area contributed by atoms with Gasteiger partial charge in [-0.05, 0) is 44.2 Å². The number of fused-ring (bicyclic) bond motifs is 1. The minimum absolute atomic E-state index is 0.0000469. The number of nitrogens with one attached hydrogen (secondary N) is 1. The number of carbonyl (C=O) groups excluding carboxylic acids is 2. The Kier molecular flexibility index (Phi) is 6.08.